The van der Waals surface area contributed by atoms with Gasteiger partial charge in [-0.1, -0.05) is 66.7 Å². The zero-order valence-electron chi connectivity index (χ0n) is 23.5. The Hall–Kier alpha value is -4.84. The molecular weight excluding hydrogens is 504 g/mol. The van der Waals surface area contributed by atoms with Crippen molar-refractivity contribution in [1.82, 2.24) is 0 Å². The van der Waals surface area contributed by atoms with Crippen molar-refractivity contribution < 1.29 is 28.8 Å². The Morgan fingerprint density at radius 3 is 0.850 bits per heavy atom. The van der Waals surface area contributed by atoms with Gasteiger partial charge in [-0.3, -0.25) is 28.8 Å². The number of carbonyl (C=O) groups is 6. The molecule has 6 heteroatoms. The highest BCUT2D eigenvalue weighted by Gasteiger charge is 2.05. The number of Topliss-reactive ketones (excluding diaryl/α,β-unsaturated/α-hetero) is 6. The smallest absolute Gasteiger partial charge is 0.159 e. The lowest BCUT2D eigenvalue weighted by atomic mass is 10.0. The third-order valence-corrected chi connectivity index (χ3v) is 6.03. The molecule has 4 aromatic carbocycles. The first-order chi connectivity index (χ1) is 18.8. The van der Waals surface area contributed by atoms with Crippen LogP contribution >= 0.6 is 0 Å². The van der Waals surface area contributed by atoms with E-state index in [0.29, 0.717) is 33.4 Å². The van der Waals surface area contributed by atoms with Crippen molar-refractivity contribution in [3.8, 4) is 0 Å². The number of ketones is 6. The summed E-state index contributed by atoms with van der Waals surface area (Å²) in [6.07, 6.45) is 0. The van der Waals surface area contributed by atoms with E-state index in [4.69, 9.17) is 0 Å². The average molecular weight is 537 g/mol. The zero-order chi connectivity index (χ0) is 30.0. The zero-order valence-corrected chi connectivity index (χ0v) is 23.5. The Labute approximate surface area is 234 Å². The van der Waals surface area contributed by atoms with E-state index in [2.05, 4.69) is 0 Å². The quantitative estimate of drug-likeness (QED) is 0.237. The van der Waals surface area contributed by atoms with Crippen LogP contribution in [-0.2, 0) is 0 Å². The maximum atomic E-state index is 11.2. The number of hydrogen-bond acceptors (Lipinski definition) is 6. The van der Waals surface area contributed by atoms with Crippen LogP contribution in [0.25, 0.3) is 10.8 Å². The molecule has 0 aliphatic rings. The third-order valence-electron chi connectivity index (χ3n) is 6.03. The second-order valence-corrected chi connectivity index (χ2v) is 9.27. The van der Waals surface area contributed by atoms with Gasteiger partial charge in [0.25, 0.3) is 0 Å². The van der Waals surface area contributed by atoms with Crippen molar-refractivity contribution >= 4 is 45.5 Å². The van der Waals surface area contributed by atoms with Crippen LogP contribution < -0.4 is 0 Å². The summed E-state index contributed by atoms with van der Waals surface area (Å²) >= 11 is 0. The van der Waals surface area contributed by atoms with E-state index in [1.54, 1.807) is 74.5 Å². The molecule has 40 heavy (non-hydrogen) atoms. The number of fused-ring (bicyclic) bond motifs is 1. The molecule has 0 fully saturated rings. The maximum Gasteiger partial charge on any atom is 0.159 e. The van der Waals surface area contributed by atoms with Crippen LogP contribution in [0.15, 0.2) is 84.9 Å². The molecule has 0 saturated carbocycles. The number of rotatable bonds is 6. The minimum atomic E-state index is -0.0156. The SMILES string of the molecule is CC(=O)c1ccc(C(C)=O)cc1.CC(=O)c1ccc2cc(C(C)=O)ccc2c1.CC(=O)c1cccc(C(C)=O)c1. The Balaban J connectivity index is 0.000000214. The minimum Gasteiger partial charge on any atom is -0.295 e. The lowest BCUT2D eigenvalue weighted by Gasteiger charge is -2.02. The molecule has 0 bridgehead atoms. The Morgan fingerprint density at radius 1 is 0.325 bits per heavy atom. The van der Waals surface area contributed by atoms with Crippen LogP contribution in [0.2, 0.25) is 0 Å². The number of benzene rings is 4. The van der Waals surface area contributed by atoms with Crippen LogP contribution in [0.3, 0.4) is 0 Å². The van der Waals surface area contributed by atoms with Crippen LogP contribution in [0.5, 0.6) is 0 Å². The van der Waals surface area contributed by atoms with Gasteiger partial charge in [0.1, 0.15) is 0 Å². The molecule has 0 unspecified atom stereocenters. The summed E-state index contributed by atoms with van der Waals surface area (Å²) < 4.78 is 0. The minimum absolute atomic E-state index is 0.0156. The van der Waals surface area contributed by atoms with Gasteiger partial charge in [0.05, 0.1) is 0 Å². The van der Waals surface area contributed by atoms with Crippen molar-refractivity contribution in [3.63, 3.8) is 0 Å². The maximum absolute atomic E-state index is 11.2. The van der Waals surface area contributed by atoms with Gasteiger partial charge in [-0.25, -0.2) is 0 Å². The van der Waals surface area contributed by atoms with E-state index in [0.717, 1.165) is 10.8 Å². The fraction of sp³-hybridized carbons (Fsp3) is 0.176. The van der Waals surface area contributed by atoms with Gasteiger partial charge >= 0.3 is 0 Å². The van der Waals surface area contributed by atoms with E-state index < -0.39 is 0 Å². The van der Waals surface area contributed by atoms with Crippen molar-refractivity contribution in [3.05, 3.63) is 118 Å². The Morgan fingerprint density at radius 2 is 0.575 bits per heavy atom. The molecule has 0 radical (unpaired) electrons. The molecule has 4 aromatic rings. The molecule has 0 aromatic heterocycles. The summed E-state index contributed by atoms with van der Waals surface area (Å²) in [4.78, 5) is 65.9. The molecule has 0 amide bonds. The summed E-state index contributed by atoms with van der Waals surface area (Å²) in [7, 11) is 0. The fourth-order valence-corrected chi connectivity index (χ4v) is 3.58. The van der Waals surface area contributed by atoms with Gasteiger partial charge in [-0.15, -0.1) is 0 Å². The summed E-state index contributed by atoms with van der Waals surface area (Å²) in [6, 6.07) is 24.4. The second kappa shape index (κ2) is 14.4. The van der Waals surface area contributed by atoms with Crippen LogP contribution in [0, 0.1) is 0 Å². The standard InChI is InChI=1S/C14H12O2.2C10H10O2/c1-9(15)11-3-5-14-8-12(10(2)16)4-6-13(14)7-11;1-7(11)9-3-5-10(6-4-9)8(2)12;1-7(11)9-4-3-5-10(6-9)8(2)12/h3-8H,1-2H3;2*3-6H,1-2H3. The summed E-state index contributed by atoms with van der Waals surface area (Å²) in [5.74, 6) is 0.112. The predicted octanol–water partition coefficient (Wildman–Crippen LogP) is 7.43. The molecule has 0 heterocycles. The van der Waals surface area contributed by atoms with E-state index in [-0.39, 0.29) is 34.7 Å². The lowest BCUT2D eigenvalue weighted by Crippen LogP contribution is -1.96. The molecule has 0 spiro atoms. The van der Waals surface area contributed by atoms with E-state index in [1.165, 1.54) is 27.7 Å². The number of carbonyl (C=O) groups excluding carboxylic acids is 6. The second-order valence-electron chi connectivity index (χ2n) is 9.27. The van der Waals surface area contributed by atoms with Gasteiger partial charge in [0.15, 0.2) is 34.7 Å². The first-order valence-corrected chi connectivity index (χ1v) is 12.6. The largest absolute Gasteiger partial charge is 0.295 e. The molecule has 0 N–H and O–H groups in total. The molecule has 204 valence electrons. The van der Waals surface area contributed by atoms with E-state index in [1.807, 2.05) is 24.3 Å². The normalized spacial score (nSPS) is 9.85. The highest BCUT2D eigenvalue weighted by molar-refractivity contribution is 6.02. The topological polar surface area (TPSA) is 102 Å². The summed E-state index contributed by atoms with van der Waals surface area (Å²) in [5.41, 5.74) is 3.84. The van der Waals surface area contributed by atoms with Gasteiger partial charge in [-0.05, 0) is 70.5 Å². The van der Waals surface area contributed by atoms with Gasteiger partial charge in [0.2, 0.25) is 0 Å². The monoisotopic (exact) mass is 536 g/mol. The van der Waals surface area contributed by atoms with Crippen LogP contribution in [0.4, 0.5) is 0 Å². The summed E-state index contributed by atoms with van der Waals surface area (Å²) in [5, 5.41) is 1.97. The van der Waals surface area contributed by atoms with Gasteiger partial charge in [0, 0.05) is 33.4 Å². The van der Waals surface area contributed by atoms with Crippen molar-refractivity contribution in [1.29, 1.82) is 0 Å². The average Bonchev–Trinajstić information content (AvgIpc) is 2.93. The molecule has 0 aliphatic heterocycles. The molecule has 6 nitrogen and oxygen atoms in total. The molecule has 4 rings (SSSR count). The fourth-order valence-electron chi connectivity index (χ4n) is 3.58. The Kier molecular flexibility index (Phi) is 11.3. The van der Waals surface area contributed by atoms with Gasteiger partial charge in [-0.2, -0.15) is 0 Å². The molecule has 0 atom stereocenters. The predicted molar refractivity (Wildman–Crippen MR) is 157 cm³/mol. The van der Waals surface area contributed by atoms with Gasteiger partial charge < -0.3 is 0 Å². The summed E-state index contributed by atoms with van der Waals surface area (Å²) in [6.45, 7) is 9.07. The van der Waals surface area contributed by atoms with Crippen molar-refractivity contribution in [2.75, 3.05) is 0 Å². The molecular formula is C34H32O6. The van der Waals surface area contributed by atoms with E-state index >= 15 is 0 Å². The third kappa shape index (κ3) is 9.17. The highest BCUT2D eigenvalue weighted by Crippen LogP contribution is 2.18. The van der Waals surface area contributed by atoms with Crippen molar-refractivity contribution in [2.24, 2.45) is 0 Å². The lowest BCUT2D eigenvalue weighted by molar-refractivity contribution is 0.100. The molecule has 0 aliphatic carbocycles. The number of hydrogen-bond donors (Lipinski definition) is 0. The Bertz CT molecular complexity index is 1480. The van der Waals surface area contributed by atoms with Crippen LogP contribution in [0.1, 0.15) is 104 Å². The van der Waals surface area contributed by atoms with Crippen molar-refractivity contribution in [2.45, 2.75) is 41.5 Å². The first-order valence-electron chi connectivity index (χ1n) is 12.6. The van der Waals surface area contributed by atoms with Crippen LogP contribution in [-0.4, -0.2) is 34.7 Å². The van der Waals surface area contributed by atoms with E-state index in [9.17, 15) is 28.8 Å². The highest BCUT2D eigenvalue weighted by atomic mass is 16.1. The first kappa shape index (κ1) is 31.4. The molecule has 0 saturated heterocycles.